The summed E-state index contributed by atoms with van der Waals surface area (Å²) in [5.41, 5.74) is 11.3. The molecule has 1 heterocycles. The van der Waals surface area contributed by atoms with E-state index in [0.717, 1.165) is 22.5 Å². The van der Waals surface area contributed by atoms with Gasteiger partial charge in [-0.25, -0.2) is 4.79 Å². The maximum absolute atomic E-state index is 11.5. The molecule has 0 unspecified atom stereocenters. The van der Waals surface area contributed by atoms with Crippen LogP contribution >= 0.6 is 0 Å². The molecule has 3 N–H and O–H groups in total. The summed E-state index contributed by atoms with van der Waals surface area (Å²) >= 11 is 0. The first-order valence-corrected chi connectivity index (χ1v) is 7.36. The van der Waals surface area contributed by atoms with E-state index in [2.05, 4.69) is 0 Å². The number of carbonyl (C=O) groups is 1. The molecule has 0 radical (unpaired) electrons. The highest BCUT2D eigenvalue weighted by Gasteiger charge is 2.18. The molecule has 4 nitrogen and oxygen atoms in total. The highest BCUT2D eigenvalue weighted by Crippen LogP contribution is 2.30. The average Bonchev–Trinajstić information content (AvgIpc) is 2.87. The Morgan fingerprint density at radius 2 is 1.61 bits per heavy atom. The number of anilines is 1. The fraction of sp³-hybridized carbons (Fsp3) is 0.105. The molecule has 0 spiro atoms. The Kier molecular flexibility index (Phi) is 3.66. The summed E-state index contributed by atoms with van der Waals surface area (Å²) in [5, 5.41) is 9.45. The Hall–Kier alpha value is -3.01. The Morgan fingerprint density at radius 1 is 1.00 bits per heavy atom. The third-order valence-corrected chi connectivity index (χ3v) is 3.98. The first-order chi connectivity index (χ1) is 11.0. The van der Waals surface area contributed by atoms with Crippen LogP contribution in [0.5, 0.6) is 0 Å². The van der Waals surface area contributed by atoms with Gasteiger partial charge in [0.25, 0.3) is 0 Å². The average molecular weight is 306 g/mol. The van der Waals surface area contributed by atoms with E-state index >= 15 is 0 Å². The number of rotatable bonds is 3. The summed E-state index contributed by atoms with van der Waals surface area (Å²) in [6.07, 6.45) is 0. The molecule has 0 aliphatic heterocycles. The molecule has 0 saturated carbocycles. The van der Waals surface area contributed by atoms with Crippen LogP contribution in [0, 0.1) is 13.8 Å². The van der Waals surface area contributed by atoms with Crippen LogP contribution in [-0.4, -0.2) is 15.6 Å². The van der Waals surface area contributed by atoms with Crippen molar-refractivity contribution in [2.45, 2.75) is 13.8 Å². The summed E-state index contributed by atoms with van der Waals surface area (Å²) in [4.78, 5) is 11.5. The van der Waals surface area contributed by atoms with Crippen LogP contribution in [0.25, 0.3) is 16.9 Å². The van der Waals surface area contributed by atoms with Crippen LogP contribution < -0.4 is 5.73 Å². The molecule has 0 fully saturated rings. The molecule has 0 aliphatic rings. The number of aromatic nitrogens is 1. The number of nitrogens with two attached hydrogens (primary N) is 1. The number of carboxylic acids is 1. The van der Waals surface area contributed by atoms with Gasteiger partial charge in [0.05, 0.1) is 11.3 Å². The lowest BCUT2D eigenvalue weighted by molar-refractivity contribution is 0.0696. The zero-order valence-corrected chi connectivity index (χ0v) is 13.1. The third-order valence-electron chi connectivity index (χ3n) is 3.98. The van der Waals surface area contributed by atoms with Crippen LogP contribution in [0.4, 0.5) is 5.69 Å². The largest absolute Gasteiger partial charge is 0.478 e. The quantitative estimate of drug-likeness (QED) is 0.717. The number of carboxylic acid groups (broad SMARTS) is 1. The van der Waals surface area contributed by atoms with Gasteiger partial charge in [-0.2, -0.15) is 0 Å². The molecule has 0 saturated heterocycles. The van der Waals surface area contributed by atoms with Crippen LogP contribution in [0.15, 0.2) is 54.6 Å². The van der Waals surface area contributed by atoms with E-state index in [0.29, 0.717) is 16.9 Å². The van der Waals surface area contributed by atoms with Crippen LogP contribution in [0.3, 0.4) is 0 Å². The van der Waals surface area contributed by atoms with E-state index < -0.39 is 5.97 Å². The van der Waals surface area contributed by atoms with Crippen molar-refractivity contribution in [3.63, 3.8) is 0 Å². The second-order valence-corrected chi connectivity index (χ2v) is 5.63. The molecule has 0 bridgehead atoms. The first-order valence-electron chi connectivity index (χ1n) is 7.36. The standard InChI is InChI=1S/C19H18N2O2/c1-12-3-9-16(10-4-12)21-13(2)17(19(22)23)11-18(21)14-5-7-15(20)8-6-14/h3-11H,20H2,1-2H3,(H,22,23). The molecule has 116 valence electrons. The molecule has 23 heavy (non-hydrogen) atoms. The normalized spacial score (nSPS) is 10.7. The summed E-state index contributed by atoms with van der Waals surface area (Å²) < 4.78 is 1.97. The van der Waals surface area contributed by atoms with Gasteiger partial charge in [0.1, 0.15) is 0 Å². The van der Waals surface area contributed by atoms with Crippen molar-refractivity contribution in [2.24, 2.45) is 0 Å². The number of nitrogen functional groups attached to an aromatic ring is 1. The topological polar surface area (TPSA) is 68.2 Å². The molecule has 0 aliphatic carbocycles. The summed E-state index contributed by atoms with van der Waals surface area (Å²) in [6.45, 7) is 3.85. The number of hydrogen-bond donors (Lipinski definition) is 2. The van der Waals surface area contributed by atoms with Gasteiger partial charge < -0.3 is 15.4 Å². The van der Waals surface area contributed by atoms with Crippen molar-refractivity contribution < 1.29 is 9.90 Å². The minimum Gasteiger partial charge on any atom is -0.478 e. The summed E-state index contributed by atoms with van der Waals surface area (Å²) in [7, 11) is 0. The third kappa shape index (κ3) is 2.71. The van der Waals surface area contributed by atoms with Gasteiger partial charge in [0.15, 0.2) is 0 Å². The number of hydrogen-bond acceptors (Lipinski definition) is 2. The van der Waals surface area contributed by atoms with Crippen molar-refractivity contribution in [2.75, 3.05) is 5.73 Å². The van der Waals surface area contributed by atoms with Crippen molar-refractivity contribution >= 4 is 11.7 Å². The molecular weight excluding hydrogens is 288 g/mol. The molecule has 2 aromatic carbocycles. The van der Waals surface area contributed by atoms with E-state index in [1.54, 1.807) is 6.07 Å². The lowest BCUT2D eigenvalue weighted by atomic mass is 10.1. The van der Waals surface area contributed by atoms with E-state index in [9.17, 15) is 9.90 Å². The molecule has 0 amide bonds. The van der Waals surface area contributed by atoms with Crippen molar-refractivity contribution in [1.82, 2.24) is 4.57 Å². The first kappa shape index (κ1) is 14.9. The highest BCUT2D eigenvalue weighted by atomic mass is 16.4. The van der Waals surface area contributed by atoms with E-state index in [-0.39, 0.29) is 0 Å². The molecule has 3 rings (SSSR count). The zero-order valence-electron chi connectivity index (χ0n) is 13.1. The Morgan fingerprint density at radius 3 is 2.17 bits per heavy atom. The number of benzene rings is 2. The molecule has 0 atom stereocenters. The predicted molar refractivity (Wildman–Crippen MR) is 92.1 cm³/mol. The van der Waals surface area contributed by atoms with Gasteiger partial charge in [-0.1, -0.05) is 29.8 Å². The highest BCUT2D eigenvalue weighted by molar-refractivity contribution is 5.91. The maximum atomic E-state index is 11.5. The molecule has 3 aromatic rings. The second-order valence-electron chi connectivity index (χ2n) is 5.63. The Labute approximate surface area is 134 Å². The van der Waals surface area contributed by atoms with Gasteiger partial charge >= 0.3 is 5.97 Å². The number of aryl methyl sites for hydroxylation is 1. The fourth-order valence-corrected chi connectivity index (χ4v) is 2.72. The second kappa shape index (κ2) is 5.65. The van der Waals surface area contributed by atoms with Gasteiger partial charge in [-0.05, 0) is 49.7 Å². The van der Waals surface area contributed by atoms with Crippen LogP contribution in [0.2, 0.25) is 0 Å². The van der Waals surface area contributed by atoms with Gasteiger partial charge in [0, 0.05) is 17.1 Å². The van der Waals surface area contributed by atoms with E-state index in [1.807, 2.05) is 66.9 Å². The Bertz CT molecular complexity index is 860. The monoisotopic (exact) mass is 306 g/mol. The summed E-state index contributed by atoms with van der Waals surface area (Å²) in [6, 6.07) is 17.2. The van der Waals surface area contributed by atoms with Crippen LogP contribution in [0.1, 0.15) is 21.6 Å². The van der Waals surface area contributed by atoms with Gasteiger partial charge in [-0.3, -0.25) is 0 Å². The molecular formula is C19H18N2O2. The lowest BCUT2D eigenvalue weighted by Crippen LogP contribution is -2.02. The molecule has 4 heteroatoms. The van der Waals surface area contributed by atoms with Gasteiger partial charge in [0.2, 0.25) is 0 Å². The smallest absolute Gasteiger partial charge is 0.337 e. The maximum Gasteiger partial charge on any atom is 0.337 e. The number of aromatic carboxylic acids is 1. The fourth-order valence-electron chi connectivity index (χ4n) is 2.72. The summed E-state index contributed by atoms with van der Waals surface area (Å²) in [5.74, 6) is -0.926. The zero-order chi connectivity index (χ0) is 16.6. The van der Waals surface area contributed by atoms with Gasteiger partial charge in [-0.15, -0.1) is 0 Å². The molecule has 1 aromatic heterocycles. The van der Waals surface area contributed by atoms with E-state index in [4.69, 9.17) is 5.73 Å². The minimum atomic E-state index is -0.926. The SMILES string of the molecule is Cc1ccc(-n2c(-c3ccc(N)cc3)cc(C(=O)O)c2C)cc1. The minimum absolute atomic E-state index is 0.303. The van der Waals surface area contributed by atoms with Crippen molar-refractivity contribution in [3.8, 4) is 16.9 Å². The van der Waals surface area contributed by atoms with Crippen molar-refractivity contribution in [1.29, 1.82) is 0 Å². The van der Waals surface area contributed by atoms with Crippen LogP contribution in [-0.2, 0) is 0 Å². The predicted octanol–water partition coefficient (Wildman–Crippen LogP) is 4.04. The van der Waals surface area contributed by atoms with E-state index in [1.165, 1.54) is 0 Å². The Balaban J connectivity index is 2.25. The lowest BCUT2D eigenvalue weighted by Gasteiger charge is -2.12. The van der Waals surface area contributed by atoms with Crippen molar-refractivity contribution in [3.05, 3.63) is 71.4 Å². The number of nitrogens with zero attached hydrogens (tertiary/aromatic N) is 1.